The van der Waals surface area contributed by atoms with Gasteiger partial charge in [0.2, 0.25) is 5.88 Å². The van der Waals surface area contributed by atoms with E-state index < -0.39 is 5.97 Å². The first-order valence-corrected chi connectivity index (χ1v) is 5.24. The third kappa shape index (κ3) is 3.67. The van der Waals surface area contributed by atoms with E-state index in [0.29, 0.717) is 0 Å². The normalized spacial score (nSPS) is 9.82. The molecule has 0 saturated heterocycles. The molecule has 0 aromatic carbocycles. The molecule has 0 aliphatic carbocycles. The Morgan fingerprint density at radius 3 is 2.71 bits per heavy atom. The quantitative estimate of drug-likeness (QED) is 0.450. The summed E-state index contributed by atoms with van der Waals surface area (Å²) in [4.78, 5) is 29.8. The third-order valence-corrected chi connectivity index (χ3v) is 2.04. The monoisotopic (exact) mass is 258 g/mol. The van der Waals surface area contributed by atoms with Crippen LogP contribution < -0.4 is 4.74 Å². The van der Waals surface area contributed by atoms with Crippen molar-refractivity contribution in [2.45, 2.75) is 13.8 Å². The Morgan fingerprint density at radius 1 is 1.41 bits per heavy atom. The van der Waals surface area contributed by atoms with Gasteiger partial charge in [-0.3, -0.25) is 4.79 Å². The van der Waals surface area contributed by atoms with E-state index in [1.807, 2.05) is 0 Å². The first kappa shape index (κ1) is 13.4. The average Bonchev–Trinajstić information content (AvgIpc) is 2.26. The SMILES string of the molecule is CCOC(=O)COc1ncnc(Cl)c1C(C)=O. The lowest BCUT2D eigenvalue weighted by Gasteiger charge is -2.08. The molecule has 0 bridgehead atoms. The number of carbonyl (C=O) groups excluding carboxylic acids is 2. The third-order valence-electron chi connectivity index (χ3n) is 1.75. The van der Waals surface area contributed by atoms with Crippen LogP contribution in [0.5, 0.6) is 5.88 Å². The topological polar surface area (TPSA) is 78.4 Å². The summed E-state index contributed by atoms with van der Waals surface area (Å²) in [5.41, 5.74) is 0.0541. The number of halogens is 1. The number of ketones is 1. The fourth-order valence-electron chi connectivity index (χ4n) is 1.08. The summed E-state index contributed by atoms with van der Waals surface area (Å²) in [5.74, 6) is -0.906. The second-order valence-corrected chi connectivity index (χ2v) is 3.35. The molecular weight excluding hydrogens is 248 g/mol. The number of aromatic nitrogens is 2. The van der Waals surface area contributed by atoms with Gasteiger partial charge in [-0.1, -0.05) is 11.6 Å². The van der Waals surface area contributed by atoms with Crippen molar-refractivity contribution < 1.29 is 19.1 Å². The highest BCUT2D eigenvalue weighted by atomic mass is 35.5. The van der Waals surface area contributed by atoms with Crippen LogP contribution in [-0.4, -0.2) is 34.9 Å². The van der Waals surface area contributed by atoms with Gasteiger partial charge in [-0.2, -0.15) is 0 Å². The molecule has 1 aromatic heterocycles. The van der Waals surface area contributed by atoms with E-state index >= 15 is 0 Å². The molecule has 92 valence electrons. The first-order valence-electron chi connectivity index (χ1n) is 4.86. The van der Waals surface area contributed by atoms with Crippen molar-refractivity contribution in [2.24, 2.45) is 0 Å². The Morgan fingerprint density at radius 2 is 2.12 bits per heavy atom. The van der Waals surface area contributed by atoms with Crippen LogP contribution in [0.15, 0.2) is 6.33 Å². The van der Waals surface area contributed by atoms with Gasteiger partial charge in [0.05, 0.1) is 6.61 Å². The van der Waals surface area contributed by atoms with Crippen LogP contribution in [0.1, 0.15) is 24.2 Å². The number of esters is 1. The Labute approximate surface area is 103 Å². The number of carbonyl (C=O) groups is 2. The van der Waals surface area contributed by atoms with Crippen LogP contribution >= 0.6 is 11.6 Å². The summed E-state index contributed by atoms with van der Waals surface area (Å²) in [6.45, 7) is 2.91. The van der Waals surface area contributed by atoms with Gasteiger partial charge >= 0.3 is 5.97 Å². The van der Waals surface area contributed by atoms with Gasteiger partial charge in [0.1, 0.15) is 17.0 Å². The molecule has 1 heterocycles. The molecule has 0 unspecified atom stereocenters. The van der Waals surface area contributed by atoms with E-state index in [4.69, 9.17) is 16.3 Å². The zero-order valence-electron chi connectivity index (χ0n) is 9.40. The summed E-state index contributed by atoms with van der Waals surface area (Å²) in [6.07, 6.45) is 1.15. The molecule has 0 atom stereocenters. The van der Waals surface area contributed by atoms with Gasteiger partial charge in [0.25, 0.3) is 0 Å². The van der Waals surface area contributed by atoms with Crippen LogP contribution in [0.2, 0.25) is 5.15 Å². The lowest BCUT2D eigenvalue weighted by atomic mass is 10.2. The number of Topliss-reactive ketones (excluding diaryl/α,β-unsaturated/α-hetero) is 1. The first-order chi connectivity index (χ1) is 8.06. The van der Waals surface area contributed by atoms with E-state index in [0.717, 1.165) is 6.33 Å². The van der Waals surface area contributed by atoms with Gasteiger partial charge in [0, 0.05) is 0 Å². The Balaban J connectivity index is 2.81. The van der Waals surface area contributed by atoms with E-state index in [9.17, 15) is 9.59 Å². The molecular formula is C10H11ClN2O4. The fraction of sp³-hybridized carbons (Fsp3) is 0.400. The molecule has 17 heavy (non-hydrogen) atoms. The van der Waals surface area contributed by atoms with Crippen molar-refractivity contribution in [3.05, 3.63) is 17.0 Å². The number of rotatable bonds is 5. The summed E-state index contributed by atoms with van der Waals surface area (Å²) in [5, 5.41) is -0.00800. The van der Waals surface area contributed by atoms with Crippen molar-refractivity contribution in [1.29, 1.82) is 0 Å². The lowest BCUT2D eigenvalue weighted by Crippen LogP contribution is -2.16. The number of hydrogen-bond acceptors (Lipinski definition) is 6. The van der Waals surface area contributed by atoms with Crippen LogP contribution in [0.4, 0.5) is 0 Å². The minimum Gasteiger partial charge on any atom is -0.465 e. The maximum absolute atomic E-state index is 11.3. The summed E-state index contributed by atoms with van der Waals surface area (Å²) in [7, 11) is 0. The average molecular weight is 259 g/mol. The Bertz CT molecular complexity index is 436. The maximum Gasteiger partial charge on any atom is 0.344 e. The lowest BCUT2D eigenvalue weighted by molar-refractivity contribution is -0.145. The van der Waals surface area contributed by atoms with Crippen molar-refractivity contribution in [1.82, 2.24) is 9.97 Å². The zero-order chi connectivity index (χ0) is 12.8. The fourth-order valence-corrected chi connectivity index (χ4v) is 1.34. The second-order valence-electron chi connectivity index (χ2n) is 2.99. The molecule has 1 rings (SSSR count). The molecule has 7 heteroatoms. The Kier molecular flexibility index (Phi) is 4.84. The smallest absolute Gasteiger partial charge is 0.344 e. The molecule has 0 saturated carbocycles. The zero-order valence-corrected chi connectivity index (χ0v) is 10.2. The molecule has 0 fully saturated rings. The number of hydrogen-bond donors (Lipinski definition) is 0. The standard InChI is InChI=1S/C10H11ClN2O4/c1-3-16-7(15)4-17-10-8(6(2)14)9(11)12-5-13-10/h5H,3-4H2,1-2H3. The van der Waals surface area contributed by atoms with Crippen LogP contribution in [-0.2, 0) is 9.53 Å². The summed E-state index contributed by atoms with van der Waals surface area (Å²) < 4.78 is 9.73. The molecule has 0 aliphatic heterocycles. The van der Waals surface area contributed by atoms with Crippen LogP contribution in [0.25, 0.3) is 0 Å². The maximum atomic E-state index is 11.3. The number of nitrogens with zero attached hydrogens (tertiary/aromatic N) is 2. The van der Waals surface area contributed by atoms with Crippen molar-refractivity contribution >= 4 is 23.4 Å². The summed E-state index contributed by atoms with van der Waals surface area (Å²) in [6, 6.07) is 0. The predicted octanol–water partition coefficient (Wildman–Crippen LogP) is 1.27. The van der Waals surface area contributed by atoms with E-state index in [2.05, 4.69) is 14.7 Å². The Hall–Kier alpha value is -1.69. The predicted molar refractivity (Wildman–Crippen MR) is 59.2 cm³/mol. The minimum atomic E-state index is -0.545. The largest absolute Gasteiger partial charge is 0.465 e. The highest BCUT2D eigenvalue weighted by Crippen LogP contribution is 2.22. The molecule has 0 amide bonds. The second kappa shape index (κ2) is 6.15. The van der Waals surface area contributed by atoms with Gasteiger partial charge in [0.15, 0.2) is 12.4 Å². The molecule has 0 N–H and O–H groups in total. The van der Waals surface area contributed by atoms with Gasteiger partial charge in [-0.25, -0.2) is 14.8 Å². The molecule has 6 nitrogen and oxygen atoms in total. The van der Waals surface area contributed by atoms with Crippen LogP contribution in [0.3, 0.4) is 0 Å². The van der Waals surface area contributed by atoms with Crippen LogP contribution in [0, 0.1) is 0 Å². The summed E-state index contributed by atoms with van der Waals surface area (Å²) >= 11 is 5.73. The van der Waals surface area contributed by atoms with Crippen molar-refractivity contribution in [3.63, 3.8) is 0 Å². The van der Waals surface area contributed by atoms with Crippen molar-refractivity contribution in [3.8, 4) is 5.88 Å². The van der Waals surface area contributed by atoms with Gasteiger partial charge in [-0.15, -0.1) is 0 Å². The highest BCUT2D eigenvalue weighted by Gasteiger charge is 2.16. The highest BCUT2D eigenvalue weighted by molar-refractivity contribution is 6.33. The molecule has 0 aliphatic rings. The van der Waals surface area contributed by atoms with Crippen molar-refractivity contribution in [2.75, 3.05) is 13.2 Å². The van der Waals surface area contributed by atoms with Gasteiger partial charge in [-0.05, 0) is 13.8 Å². The molecule has 0 radical (unpaired) electrons. The van der Waals surface area contributed by atoms with Gasteiger partial charge < -0.3 is 9.47 Å². The van der Waals surface area contributed by atoms with E-state index in [1.165, 1.54) is 6.92 Å². The van der Waals surface area contributed by atoms with E-state index in [1.54, 1.807) is 6.92 Å². The minimum absolute atomic E-state index is 0.00800. The molecule has 1 aromatic rings. The number of ether oxygens (including phenoxy) is 2. The molecule has 0 spiro atoms. The van der Waals surface area contributed by atoms with E-state index in [-0.39, 0.29) is 35.6 Å².